The van der Waals surface area contributed by atoms with Crippen LogP contribution in [-0.4, -0.2) is 36.7 Å². The third-order valence-corrected chi connectivity index (χ3v) is 5.06. The summed E-state index contributed by atoms with van der Waals surface area (Å²) in [6.07, 6.45) is 0.934. The number of rotatable bonds is 7. The van der Waals surface area contributed by atoms with Gasteiger partial charge in [-0.1, -0.05) is 0 Å². The maximum Gasteiger partial charge on any atom is 0.418 e. The van der Waals surface area contributed by atoms with Crippen LogP contribution in [0.4, 0.5) is 35.1 Å². The quantitative estimate of drug-likeness (QED) is 0.364. The number of halogens is 9. The molecule has 1 heterocycles. The number of carbonyl (C=O) groups excluding carboxylic acids is 1. The molecule has 0 amide bonds. The summed E-state index contributed by atoms with van der Waals surface area (Å²) in [6, 6.07) is 2.00. The summed E-state index contributed by atoms with van der Waals surface area (Å²) < 4.78 is 134. The highest BCUT2D eigenvalue weighted by Crippen LogP contribution is 2.56. The zero-order valence-electron chi connectivity index (χ0n) is 12.3. The van der Waals surface area contributed by atoms with Crippen molar-refractivity contribution in [3.63, 3.8) is 0 Å². The fourth-order valence-corrected chi connectivity index (χ4v) is 3.05. The molecular formula is C12H7ClF8O4S. The van der Waals surface area contributed by atoms with E-state index in [0.29, 0.717) is 6.92 Å². The van der Waals surface area contributed by atoms with E-state index in [1.807, 2.05) is 0 Å². The van der Waals surface area contributed by atoms with Crippen LogP contribution in [-0.2, 0) is 14.6 Å². The second-order valence-electron chi connectivity index (χ2n) is 4.75. The first-order chi connectivity index (χ1) is 11.4. The number of hydrogen-bond donors (Lipinski definition) is 0. The minimum atomic E-state index is -7.18. The summed E-state index contributed by atoms with van der Waals surface area (Å²) in [6.45, 7) is 0.342. The van der Waals surface area contributed by atoms with Crippen LogP contribution in [0.25, 0.3) is 6.08 Å². The van der Waals surface area contributed by atoms with Crippen molar-refractivity contribution in [3.05, 3.63) is 29.1 Å². The van der Waals surface area contributed by atoms with E-state index in [1.165, 1.54) is 0 Å². The molecule has 1 aromatic heterocycles. The van der Waals surface area contributed by atoms with Crippen molar-refractivity contribution in [2.75, 3.05) is 0 Å². The number of allylic oxidation sites excluding steroid dienone is 1. The lowest BCUT2D eigenvalue weighted by Crippen LogP contribution is -2.63. The third kappa shape index (κ3) is 3.33. The topological polar surface area (TPSA) is 64.3 Å². The molecule has 0 radical (unpaired) electrons. The Labute approximate surface area is 145 Å². The first-order valence-corrected chi connectivity index (χ1v) is 7.98. The number of ketones is 1. The second-order valence-corrected chi connectivity index (χ2v) is 7.18. The van der Waals surface area contributed by atoms with Crippen LogP contribution in [0, 0.1) is 0 Å². The molecule has 4 nitrogen and oxygen atoms in total. The van der Waals surface area contributed by atoms with E-state index in [2.05, 4.69) is 16.0 Å². The summed E-state index contributed by atoms with van der Waals surface area (Å²) in [5.41, 5.74) is 0. The predicted molar refractivity (Wildman–Crippen MR) is 71.9 cm³/mol. The van der Waals surface area contributed by atoms with Crippen LogP contribution in [0.15, 0.2) is 27.7 Å². The van der Waals surface area contributed by atoms with Gasteiger partial charge >= 0.3 is 22.5 Å². The van der Waals surface area contributed by atoms with Crippen molar-refractivity contribution in [2.45, 2.75) is 29.4 Å². The smallest absolute Gasteiger partial charge is 0.418 e. The Morgan fingerprint density at radius 2 is 1.58 bits per heavy atom. The Balaban J connectivity index is 3.64. The van der Waals surface area contributed by atoms with E-state index in [9.17, 15) is 48.3 Å². The predicted octanol–water partition coefficient (Wildman–Crippen LogP) is 4.32. The highest BCUT2D eigenvalue weighted by Gasteiger charge is 2.84. The molecule has 0 spiro atoms. The minimum Gasteiger partial charge on any atom is -0.465 e. The van der Waals surface area contributed by atoms with Gasteiger partial charge in [0, 0.05) is 6.08 Å². The van der Waals surface area contributed by atoms with Crippen LogP contribution in [0.2, 0.25) is 0 Å². The van der Waals surface area contributed by atoms with Crippen LogP contribution in [0.3, 0.4) is 0 Å². The average molecular weight is 435 g/mol. The molecular weight excluding hydrogens is 428 g/mol. The standard InChI is InChI=1S/C12H7ClF8O4S/c1-6(22)8(5-7-3-2-4-25-7)26(23,24)12(20,21)10(16,17)9(14,15)11(13,18)19/h2-5H,1H3/b8-5+. The first-order valence-electron chi connectivity index (χ1n) is 6.12. The van der Waals surface area contributed by atoms with E-state index >= 15 is 0 Å². The zero-order chi connectivity index (χ0) is 20.8. The Morgan fingerprint density at radius 3 is 1.92 bits per heavy atom. The van der Waals surface area contributed by atoms with Crippen molar-refractivity contribution in [1.29, 1.82) is 0 Å². The Hall–Kier alpha value is -1.63. The fourth-order valence-electron chi connectivity index (χ4n) is 1.54. The van der Waals surface area contributed by atoms with Gasteiger partial charge in [-0.25, -0.2) is 8.42 Å². The summed E-state index contributed by atoms with van der Waals surface area (Å²) in [5.74, 6) is -16.5. The van der Waals surface area contributed by atoms with E-state index < -0.39 is 48.8 Å². The molecule has 0 aliphatic rings. The SMILES string of the molecule is CC(=O)/C(=C\c1ccco1)S(=O)(=O)C(F)(F)C(F)(F)C(F)(F)C(F)(F)Cl. The average Bonchev–Trinajstić information content (AvgIpc) is 2.95. The van der Waals surface area contributed by atoms with Gasteiger partial charge in [0.15, 0.2) is 5.78 Å². The number of sulfone groups is 1. The van der Waals surface area contributed by atoms with Gasteiger partial charge < -0.3 is 4.42 Å². The molecule has 0 aromatic carbocycles. The number of alkyl halides is 9. The molecule has 0 aliphatic carbocycles. The van der Waals surface area contributed by atoms with Gasteiger partial charge in [-0.05, 0) is 30.7 Å². The van der Waals surface area contributed by atoms with Gasteiger partial charge in [0.2, 0.25) is 0 Å². The maximum absolute atomic E-state index is 13.8. The molecule has 148 valence electrons. The van der Waals surface area contributed by atoms with Crippen molar-refractivity contribution in [1.82, 2.24) is 0 Å². The van der Waals surface area contributed by atoms with Crippen LogP contribution in [0.1, 0.15) is 12.7 Å². The summed E-state index contributed by atoms with van der Waals surface area (Å²) in [5, 5.41) is -13.1. The Morgan fingerprint density at radius 1 is 1.08 bits per heavy atom. The van der Waals surface area contributed by atoms with E-state index in [0.717, 1.165) is 18.4 Å². The Kier molecular flexibility index (Phi) is 5.62. The molecule has 0 N–H and O–H groups in total. The van der Waals surface area contributed by atoms with Crippen molar-refractivity contribution in [2.24, 2.45) is 0 Å². The van der Waals surface area contributed by atoms with Gasteiger partial charge in [-0.3, -0.25) is 4.79 Å². The maximum atomic E-state index is 13.8. The molecule has 1 rings (SSSR count). The zero-order valence-corrected chi connectivity index (χ0v) is 13.8. The molecule has 0 unspecified atom stereocenters. The molecule has 0 bridgehead atoms. The normalized spacial score (nSPS) is 15.2. The van der Waals surface area contributed by atoms with E-state index in [1.54, 1.807) is 0 Å². The highest BCUT2D eigenvalue weighted by atomic mass is 35.5. The molecule has 1 aromatic rings. The van der Waals surface area contributed by atoms with Gasteiger partial charge in [0.05, 0.1) is 6.26 Å². The monoisotopic (exact) mass is 434 g/mol. The van der Waals surface area contributed by atoms with Crippen molar-refractivity contribution >= 4 is 33.3 Å². The summed E-state index contributed by atoms with van der Waals surface area (Å²) in [7, 11) is -6.88. The molecule has 0 fully saturated rings. The van der Waals surface area contributed by atoms with Crippen LogP contribution in [0.5, 0.6) is 0 Å². The summed E-state index contributed by atoms with van der Waals surface area (Å²) >= 11 is 3.73. The van der Waals surface area contributed by atoms with E-state index in [-0.39, 0.29) is 6.08 Å². The van der Waals surface area contributed by atoms with Gasteiger partial charge in [-0.15, -0.1) is 0 Å². The first kappa shape index (κ1) is 22.4. The lowest BCUT2D eigenvalue weighted by atomic mass is 10.2. The number of carbonyl (C=O) groups is 1. The van der Waals surface area contributed by atoms with Gasteiger partial charge in [-0.2, -0.15) is 35.1 Å². The van der Waals surface area contributed by atoms with Gasteiger partial charge in [0.25, 0.3) is 9.84 Å². The number of Topliss-reactive ketones (excluding diaryl/α,β-unsaturated/α-hetero) is 1. The Bertz CT molecular complexity index is 809. The second kappa shape index (κ2) is 6.51. The molecule has 0 aliphatic heterocycles. The number of furan rings is 1. The molecule has 26 heavy (non-hydrogen) atoms. The van der Waals surface area contributed by atoms with Crippen LogP contribution >= 0.6 is 11.6 Å². The lowest BCUT2D eigenvalue weighted by molar-refractivity contribution is -0.326. The fraction of sp³-hybridized carbons (Fsp3) is 0.417. The van der Waals surface area contributed by atoms with Crippen LogP contribution < -0.4 is 0 Å². The van der Waals surface area contributed by atoms with Crippen molar-refractivity contribution in [3.8, 4) is 0 Å². The third-order valence-electron chi connectivity index (χ3n) is 2.91. The largest absolute Gasteiger partial charge is 0.465 e. The molecule has 0 atom stereocenters. The minimum absolute atomic E-state index is 0.0542. The highest BCUT2D eigenvalue weighted by molar-refractivity contribution is 7.97. The summed E-state index contributed by atoms with van der Waals surface area (Å²) in [4.78, 5) is 9.24. The lowest BCUT2D eigenvalue weighted by Gasteiger charge is -2.34. The molecule has 0 saturated heterocycles. The van der Waals surface area contributed by atoms with E-state index in [4.69, 9.17) is 0 Å². The number of hydrogen-bond acceptors (Lipinski definition) is 4. The van der Waals surface area contributed by atoms with Crippen molar-refractivity contribution < 1.29 is 52.8 Å². The molecule has 14 heteroatoms. The molecule has 0 saturated carbocycles. The van der Waals surface area contributed by atoms with Gasteiger partial charge in [0.1, 0.15) is 10.7 Å².